The van der Waals surface area contributed by atoms with Gasteiger partial charge in [0.1, 0.15) is 5.82 Å². The van der Waals surface area contributed by atoms with Crippen LogP contribution in [0.1, 0.15) is 25.4 Å². The zero-order valence-electron chi connectivity index (χ0n) is 11.0. The number of nitrogens with one attached hydrogen (secondary N) is 1. The van der Waals surface area contributed by atoms with Gasteiger partial charge in [-0.2, -0.15) is 0 Å². The highest BCUT2D eigenvalue weighted by atomic mass is 32.2. The molecule has 0 atom stereocenters. The monoisotopic (exact) mass is 261 g/mol. The predicted octanol–water partition coefficient (Wildman–Crippen LogP) is 3.34. The highest BCUT2D eigenvalue weighted by molar-refractivity contribution is 7.99. The van der Waals surface area contributed by atoms with E-state index in [1.165, 1.54) is 4.90 Å². The Bertz CT molecular complexity index is 514. The van der Waals surface area contributed by atoms with Gasteiger partial charge in [-0.1, -0.05) is 26.0 Å². The maximum Gasteiger partial charge on any atom is 0.120 e. The van der Waals surface area contributed by atoms with Crippen molar-refractivity contribution < 1.29 is 0 Å². The largest absolute Gasteiger partial charge is 0.344 e. The molecule has 0 bridgehead atoms. The summed E-state index contributed by atoms with van der Waals surface area (Å²) in [6.07, 6.45) is 0. The van der Waals surface area contributed by atoms with E-state index in [0.717, 1.165) is 22.8 Å². The van der Waals surface area contributed by atoms with Crippen molar-refractivity contribution in [1.29, 1.82) is 0 Å². The number of H-pyrrole nitrogens is 1. The summed E-state index contributed by atoms with van der Waals surface area (Å²) < 4.78 is 0. The van der Waals surface area contributed by atoms with Gasteiger partial charge in [0, 0.05) is 21.4 Å². The lowest BCUT2D eigenvalue weighted by molar-refractivity contribution is 0.944. The molecule has 2 rings (SSSR count). The van der Waals surface area contributed by atoms with Crippen LogP contribution in [-0.2, 0) is 6.54 Å². The van der Waals surface area contributed by atoms with Crippen LogP contribution in [0.4, 0.5) is 0 Å². The van der Waals surface area contributed by atoms with E-state index in [2.05, 4.69) is 48.1 Å². The first kappa shape index (κ1) is 13.2. The molecule has 0 aliphatic carbocycles. The first-order chi connectivity index (χ1) is 8.60. The predicted molar refractivity (Wildman–Crippen MR) is 77.6 cm³/mol. The van der Waals surface area contributed by atoms with Gasteiger partial charge in [0.2, 0.25) is 0 Å². The summed E-state index contributed by atoms with van der Waals surface area (Å²) in [5.41, 5.74) is 8.79. The molecule has 0 unspecified atom stereocenters. The van der Waals surface area contributed by atoms with Crippen molar-refractivity contribution in [1.82, 2.24) is 9.97 Å². The van der Waals surface area contributed by atoms with Crippen molar-refractivity contribution >= 4 is 11.8 Å². The molecule has 0 amide bonds. The van der Waals surface area contributed by atoms with Crippen LogP contribution in [0.25, 0.3) is 11.3 Å². The topological polar surface area (TPSA) is 54.7 Å². The summed E-state index contributed by atoms with van der Waals surface area (Å²) in [6, 6.07) is 8.54. The van der Waals surface area contributed by atoms with Crippen LogP contribution in [0.2, 0.25) is 0 Å². The number of aryl methyl sites for hydroxylation is 1. The molecule has 4 heteroatoms. The number of thioether (sulfide) groups is 1. The molecule has 18 heavy (non-hydrogen) atoms. The first-order valence-corrected chi connectivity index (χ1v) is 7.00. The Labute approximate surface area is 112 Å². The van der Waals surface area contributed by atoms with Crippen LogP contribution >= 0.6 is 11.8 Å². The second kappa shape index (κ2) is 5.59. The van der Waals surface area contributed by atoms with Crippen LogP contribution in [0, 0.1) is 6.92 Å². The van der Waals surface area contributed by atoms with E-state index in [1.807, 2.05) is 18.7 Å². The van der Waals surface area contributed by atoms with Gasteiger partial charge in [-0.15, -0.1) is 11.8 Å². The van der Waals surface area contributed by atoms with Gasteiger partial charge < -0.3 is 10.7 Å². The smallest absolute Gasteiger partial charge is 0.120 e. The zero-order valence-corrected chi connectivity index (χ0v) is 11.8. The van der Waals surface area contributed by atoms with Crippen LogP contribution in [0.5, 0.6) is 0 Å². The van der Waals surface area contributed by atoms with E-state index in [0.29, 0.717) is 11.8 Å². The molecule has 0 saturated carbocycles. The van der Waals surface area contributed by atoms with Gasteiger partial charge >= 0.3 is 0 Å². The fraction of sp³-hybridized carbons (Fsp3) is 0.357. The molecule has 0 aliphatic rings. The van der Waals surface area contributed by atoms with Gasteiger partial charge in [0.15, 0.2) is 0 Å². The highest BCUT2D eigenvalue weighted by Crippen LogP contribution is 2.27. The van der Waals surface area contributed by atoms with E-state index in [9.17, 15) is 0 Å². The molecule has 0 aliphatic heterocycles. The van der Waals surface area contributed by atoms with Gasteiger partial charge in [-0.25, -0.2) is 4.98 Å². The Kier molecular flexibility index (Phi) is 4.09. The number of benzene rings is 1. The van der Waals surface area contributed by atoms with Crippen LogP contribution < -0.4 is 5.73 Å². The molecule has 1 heterocycles. The molecule has 0 saturated heterocycles. The molecule has 1 aromatic carbocycles. The molecule has 1 aromatic heterocycles. The molecule has 96 valence electrons. The van der Waals surface area contributed by atoms with E-state index in [4.69, 9.17) is 5.73 Å². The molecule has 3 nitrogen and oxygen atoms in total. The normalized spacial score (nSPS) is 11.2. The standard InChI is InChI=1S/C14H19N3S/c1-9(2)18-12-6-4-11(5-7-12)14-10(3)16-13(8-15)17-14/h4-7,9H,8,15H2,1-3H3,(H,16,17). The van der Waals surface area contributed by atoms with Gasteiger partial charge in [-0.05, 0) is 19.1 Å². The Morgan fingerprint density at radius 2 is 1.94 bits per heavy atom. The number of imidazole rings is 1. The van der Waals surface area contributed by atoms with E-state index in [1.54, 1.807) is 0 Å². The molecule has 3 N–H and O–H groups in total. The summed E-state index contributed by atoms with van der Waals surface area (Å²) in [7, 11) is 0. The number of hydrogen-bond acceptors (Lipinski definition) is 3. The Morgan fingerprint density at radius 1 is 1.28 bits per heavy atom. The molecule has 0 spiro atoms. The lowest BCUT2D eigenvalue weighted by Gasteiger charge is -2.05. The van der Waals surface area contributed by atoms with Crippen molar-refractivity contribution in [3.05, 3.63) is 35.8 Å². The van der Waals surface area contributed by atoms with E-state index in [-0.39, 0.29) is 0 Å². The quantitative estimate of drug-likeness (QED) is 0.830. The minimum Gasteiger partial charge on any atom is -0.344 e. The van der Waals surface area contributed by atoms with Crippen LogP contribution in [0.15, 0.2) is 29.2 Å². The SMILES string of the molecule is Cc1[nH]c(CN)nc1-c1ccc(SC(C)C)cc1. The van der Waals surface area contributed by atoms with E-state index < -0.39 is 0 Å². The van der Waals surface area contributed by atoms with Crippen LogP contribution in [-0.4, -0.2) is 15.2 Å². The lowest BCUT2D eigenvalue weighted by Crippen LogP contribution is -1.97. The highest BCUT2D eigenvalue weighted by Gasteiger charge is 2.08. The summed E-state index contributed by atoms with van der Waals surface area (Å²) in [5, 5.41) is 0.604. The fourth-order valence-corrected chi connectivity index (χ4v) is 2.70. The van der Waals surface area contributed by atoms with Crippen molar-refractivity contribution in [2.45, 2.75) is 37.5 Å². The number of nitrogens with two attached hydrogens (primary N) is 1. The molecule has 0 radical (unpaired) electrons. The zero-order chi connectivity index (χ0) is 13.1. The maximum absolute atomic E-state index is 5.59. The molecular weight excluding hydrogens is 242 g/mol. The number of aromatic amines is 1. The summed E-state index contributed by atoms with van der Waals surface area (Å²) in [4.78, 5) is 8.99. The minimum absolute atomic E-state index is 0.447. The second-order valence-electron chi connectivity index (χ2n) is 4.55. The summed E-state index contributed by atoms with van der Waals surface area (Å²) in [6.45, 7) is 6.87. The third-order valence-electron chi connectivity index (χ3n) is 2.63. The molecular formula is C14H19N3S. The second-order valence-corrected chi connectivity index (χ2v) is 6.20. The molecule has 2 aromatic rings. The Morgan fingerprint density at radius 3 is 2.44 bits per heavy atom. The Balaban J connectivity index is 2.25. The van der Waals surface area contributed by atoms with Crippen molar-refractivity contribution in [3.8, 4) is 11.3 Å². The van der Waals surface area contributed by atoms with Gasteiger partial charge in [0.05, 0.1) is 12.2 Å². The first-order valence-electron chi connectivity index (χ1n) is 6.12. The number of nitrogens with zero attached hydrogens (tertiary/aromatic N) is 1. The fourth-order valence-electron chi connectivity index (χ4n) is 1.86. The lowest BCUT2D eigenvalue weighted by atomic mass is 10.1. The van der Waals surface area contributed by atoms with E-state index >= 15 is 0 Å². The average Bonchev–Trinajstić information content (AvgIpc) is 2.71. The number of aromatic nitrogens is 2. The van der Waals surface area contributed by atoms with Crippen molar-refractivity contribution in [3.63, 3.8) is 0 Å². The van der Waals surface area contributed by atoms with Crippen molar-refractivity contribution in [2.24, 2.45) is 5.73 Å². The Hall–Kier alpha value is -1.26. The van der Waals surface area contributed by atoms with Crippen molar-refractivity contribution in [2.75, 3.05) is 0 Å². The minimum atomic E-state index is 0.447. The third kappa shape index (κ3) is 2.94. The third-order valence-corrected chi connectivity index (χ3v) is 3.64. The maximum atomic E-state index is 5.59. The van der Waals surface area contributed by atoms with Gasteiger partial charge in [-0.3, -0.25) is 0 Å². The van der Waals surface area contributed by atoms with Crippen LogP contribution in [0.3, 0.4) is 0 Å². The summed E-state index contributed by atoms with van der Waals surface area (Å²) in [5.74, 6) is 0.836. The van der Waals surface area contributed by atoms with Gasteiger partial charge in [0.25, 0.3) is 0 Å². The number of rotatable bonds is 4. The summed E-state index contributed by atoms with van der Waals surface area (Å²) >= 11 is 1.87. The average molecular weight is 261 g/mol. The number of hydrogen-bond donors (Lipinski definition) is 2. The molecule has 0 fully saturated rings.